The fourth-order valence-electron chi connectivity index (χ4n) is 2.38. The van der Waals surface area contributed by atoms with Crippen LogP contribution in [0.5, 0.6) is 0 Å². The molecule has 0 bridgehead atoms. The minimum atomic E-state index is -0.295. The smallest absolute Gasteiger partial charge is 0.227 e. The standard InChI is InChI=1S/C13H17N5O2/c1-8(15-13(19)9-6-20-7-10(9)14)12-17-16-11-4-2-3-5-18(11)12/h2-5,8-10H,6-7,14H2,1H3,(H,15,19). The molecule has 3 N–H and O–H groups in total. The molecule has 3 heterocycles. The molecular formula is C13H17N5O2. The number of nitrogens with two attached hydrogens (primary N) is 1. The molecule has 0 aliphatic carbocycles. The van der Waals surface area contributed by atoms with Crippen LogP contribution in [0.25, 0.3) is 5.65 Å². The number of pyridine rings is 1. The van der Waals surface area contributed by atoms with Crippen LogP contribution >= 0.6 is 0 Å². The van der Waals surface area contributed by atoms with Crippen molar-refractivity contribution in [1.82, 2.24) is 19.9 Å². The second-order valence-electron chi connectivity index (χ2n) is 5.03. The zero-order chi connectivity index (χ0) is 14.1. The summed E-state index contributed by atoms with van der Waals surface area (Å²) < 4.78 is 7.07. The first kappa shape index (κ1) is 13.0. The zero-order valence-electron chi connectivity index (χ0n) is 11.2. The number of ether oxygens (including phenoxy) is 1. The lowest BCUT2D eigenvalue weighted by molar-refractivity contribution is -0.125. The molecule has 0 spiro atoms. The molecule has 1 fully saturated rings. The third kappa shape index (κ3) is 2.25. The highest BCUT2D eigenvalue weighted by Gasteiger charge is 2.32. The van der Waals surface area contributed by atoms with Gasteiger partial charge >= 0.3 is 0 Å². The minimum absolute atomic E-state index is 0.102. The van der Waals surface area contributed by atoms with Crippen LogP contribution < -0.4 is 11.1 Å². The van der Waals surface area contributed by atoms with Gasteiger partial charge in [0.05, 0.1) is 25.2 Å². The molecule has 1 aliphatic heterocycles. The molecule has 3 atom stereocenters. The van der Waals surface area contributed by atoms with Crippen LogP contribution in [-0.2, 0) is 9.53 Å². The van der Waals surface area contributed by atoms with Crippen LogP contribution in [0.1, 0.15) is 18.8 Å². The highest BCUT2D eigenvalue weighted by atomic mass is 16.5. The first-order valence-electron chi connectivity index (χ1n) is 6.60. The number of rotatable bonds is 3. The molecule has 7 heteroatoms. The van der Waals surface area contributed by atoms with Gasteiger partial charge in [-0.25, -0.2) is 0 Å². The first-order valence-corrected chi connectivity index (χ1v) is 6.60. The van der Waals surface area contributed by atoms with Crippen LogP contribution in [0.3, 0.4) is 0 Å². The van der Waals surface area contributed by atoms with Crippen LogP contribution in [-0.4, -0.2) is 39.8 Å². The lowest BCUT2D eigenvalue weighted by Gasteiger charge is -2.17. The van der Waals surface area contributed by atoms with Crippen molar-refractivity contribution in [3.05, 3.63) is 30.2 Å². The Bertz CT molecular complexity index is 626. The SMILES string of the molecule is CC(NC(=O)C1COCC1N)c1nnc2ccccn12. The summed E-state index contributed by atoms with van der Waals surface area (Å²) in [4.78, 5) is 12.2. The normalized spacial score (nSPS) is 23.9. The van der Waals surface area contributed by atoms with Crippen LogP contribution in [0.2, 0.25) is 0 Å². The number of amides is 1. The Morgan fingerprint density at radius 1 is 1.50 bits per heavy atom. The van der Waals surface area contributed by atoms with E-state index in [1.54, 1.807) is 0 Å². The fourth-order valence-corrected chi connectivity index (χ4v) is 2.38. The Hall–Kier alpha value is -1.99. The third-order valence-electron chi connectivity index (χ3n) is 3.55. The Morgan fingerprint density at radius 2 is 2.35 bits per heavy atom. The quantitative estimate of drug-likeness (QED) is 0.814. The minimum Gasteiger partial charge on any atom is -0.379 e. The number of hydrogen-bond acceptors (Lipinski definition) is 5. The molecule has 1 aliphatic rings. The maximum atomic E-state index is 12.2. The van der Waals surface area contributed by atoms with Gasteiger partial charge in [-0.1, -0.05) is 6.07 Å². The molecule has 0 radical (unpaired) electrons. The number of nitrogens with zero attached hydrogens (tertiary/aromatic N) is 3. The van der Waals surface area contributed by atoms with E-state index >= 15 is 0 Å². The first-order chi connectivity index (χ1) is 9.66. The number of aromatic nitrogens is 3. The summed E-state index contributed by atoms with van der Waals surface area (Å²) >= 11 is 0. The lowest BCUT2D eigenvalue weighted by atomic mass is 10.0. The molecule has 106 valence electrons. The summed E-state index contributed by atoms with van der Waals surface area (Å²) in [6.07, 6.45) is 1.87. The number of carbonyl (C=O) groups is 1. The largest absolute Gasteiger partial charge is 0.379 e. The molecule has 0 aromatic carbocycles. The van der Waals surface area contributed by atoms with E-state index in [0.717, 1.165) is 5.65 Å². The van der Waals surface area contributed by atoms with E-state index in [-0.39, 0.29) is 23.9 Å². The number of nitrogens with one attached hydrogen (secondary N) is 1. The summed E-state index contributed by atoms with van der Waals surface area (Å²) in [6, 6.07) is 5.18. The Balaban J connectivity index is 1.76. The van der Waals surface area contributed by atoms with Crippen molar-refractivity contribution in [3.8, 4) is 0 Å². The third-order valence-corrected chi connectivity index (χ3v) is 3.55. The van der Waals surface area contributed by atoms with Gasteiger partial charge < -0.3 is 15.8 Å². The Morgan fingerprint density at radius 3 is 3.10 bits per heavy atom. The van der Waals surface area contributed by atoms with Crippen molar-refractivity contribution in [2.45, 2.75) is 19.0 Å². The molecule has 1 amide bonds. The van der Waals surface area contributed by atoms with E-state index in [9.17, 15) is 4.79 Å². The van der Waals surface area contributed by atoms with Crippen molar-refractivity contribution in [2.24, 2.45) is 11.7 Å². The second-order valence-corrected chi connectivity index (χ2v) is 5.03. The van der Waals surface area contributed by atoms with Gasteiger partial charge in [-0.15, -0.1) is 10.2 Å². The molecule has 1 saturated heterocycles. The topological polar surface area (TPSA) is 94.5 Å². The molecule has 20 heavy (non-hydrogen) atoms. The number of carbonyl (C=O) groups excluding carboxylic acids is 1. The maximum absolute atomic E-state index is 12.2. The van der Waals surface area contributed by atoms with Crippen molar-refractivity contribution in [3.63, 3.8) is 0 Å². The summed E-state index contributed by atoms with van der Waals surface area (Å²) in [5.74, 6) is 0.299. The highest BCUT2D eigenvalue weighted by Crippen LogP contribution is 2.16. The van der Waals surface area contributed by atoms with Gasteiger partial charge in [0.15, 0.2) is 11.5 Å². The van der Waals surface area contributed by atoms with E-state index in [2.05, 4.69) is 15.5 Å². The van der Waals surface area contributed by atoms with Crippen LogP contribution in [0.15, 0.2) is 24.4 Å². The molecule has 0 saturated carbocycles. The van der Waals surface area contributed by atoms with E-state index in [1.807, 2.05) is 35.7 Å². The molecule has 3 rings (SSSR count). The lowest BCUT2D eigenvalue weighted by Crippen LogP contribution is -2.42. The van der Waals surface area contributed by atoms with E-state index in [4.69, 9.17) is 10.5 Å². The van der Waals surface area contributed by atoms with Crippen molar-refractivity contribution in [1.29, 1.82) is 0 Å². The summed E-state index contributed by atoms with van der Waals surface area (Å²) in [5.41, 5.74) is 6.60. The maximum Gasteiger partial charge on any atom is 0.227 e. The molecule has 3 unspecified atom stereocenters. The monoisotopic (exact) mass is 275 g/mol. The molecular weight excluding hydrogens is 258 g/mol. The van der Waals surface area contributed by atoms with Crippen molar-refractivity contribution >= 4 is 11.6 Å². The summed E-state index contributed by atoms with van der Waals surface area (Å²) in [5, 5.41) is 11.1. The Labute approximate surface area is 116 Å². The summed E-state index contributed by atoms with van der Waals surface area (Å²) in [7, 11) is 0. The molecule has 7 nitrogen and oxygen atoms in total. The van der Waals surface area contributed by atoms with Gasteiger partial charge in [-0.3, -0.25) is 9.20 Å². The van der Waals surface area contributed by atoms with Crippen LogP contribution in [0.4, 0.5) is 0 Å². The molecule has 2 aromatic rings. The van der Waals surface area contributed by atoms with Gasteiger partial charge in [-0.2, -0.15) is 0 Å². The van der Waals surface area contributed by atoms with E-state index in [1.165, 1.54) is 0 Å². The molecule has 2 aromatic heterocycles. The number of hydrogen-bond donors (Lipinski definition) is 2. The summed E-state index contributed by atoms with van der Waals surface area (Å²) in [6.45, 7) is 2.68. The van der Waals surface area contributed by atoms with E-state index in [0.29, 0.717) is 19.0 Å². The predicted octanol–water partition coefficient (Wildman–Crippen LogP) is -0.120. The van der Waals surface area contributed by atoms with E-state index < -0.39 is 0 Å². The van der Waals surface area contributed by atoms with Gasteiger partial charge in [-0.05, 0) is 19.1 Å². The highest BCUT2D eigenvalue weighted by molar-refractivity contribution is 5.80. The average molecular weight is 275 g/mol. The predicted molar refractivity (Wildman–Crippen MR) is 71.8 cm³/mol. The average Bonchev–Trinajstić information content (AvgIpc) is 3.04. The second kappa shape index (κ2) is 5.18. The van der Waals surface area contributed by atoms with Gasteiger partial charge in [0.25, 0.3) is 0 Å². The van der Waals surface area contributed by atoms with Gasteiger partial charge in [0.1, 0.15) is 0 Å². The zero-order valence-corrected chi connectivity index (χ0v) is 11.2. The van der Waals surface area contributed by atoms with Gasteiger partial charge in [0, 0.05) is 12.2 Å². The van der Waals surface area contributed by atoms with Gasteiger partial charge in [0.2, 0.25) is 5.91 Å². The number of fused-ring (bicyclic) bond motifs is 1. The Kier molecular flexibility index (Phi) is 3.37. The van der Waals surface area contributed by atoms with Crippen LogP contribution in [0, 0.1) is 5.92 Å². The van der Waals surface area contributed by atoms with Crippen molar-refractivity contribution in [2.75, 3.05) is 13.2 Å². The fraction of sp³-hybridized carbons (Fsp3) is 0.462. The van der Waals surface area contributed by atoms with Crippen molar-refractivity contribution < 1.29 is 9.53 Å².